The van der Waals surface area contributed by atoms with Gasteiger partial charge in [0.15, 0.2) is 0 Å². The minimum Gasteiger partial charge on any atom is -0.497 e. The summed E-state index contributed by atoms with van der Waals surface area (Å²) in [6.45, 7) is 0.308. The van der Waals surface area contributed by atoms with E-state index >= 15 is 0 Å². The number of carbonyl (C=O) groups is 2. The molecule has 3 aliphatic rings. The second kappa shape index (κ2) is 10.6. The number of nitrogens with zero attached hydrogens (tertiary/aromatic N) is 2. The molecule has 0 bridgehead atoms. The van der Waals surface area contributed by atoms with Gasteiger partial charge in [0.1, 0.15) is 12.3 Å². The molecule has 1 aliphatic carbocycles. The van der Waals surface area contributed by atoms with Crippen molar-refractivity contribution in [2.24, 2.45) is 5.92 Å². The largest absolute Gasteiger partial charge is 0.497 e. The molecular formula is C29H33N3O4. The fourth-order valence-corrected chi connectivity index (χ4v) is 5.83. The van der Waals surface area contributed by atoms with E-state index in [1.165, 1.54) is 25.7 Å². The van der Waals surface area contributed by atoms with Crippen LogP contribution in [0.5, 0.6) is 5.75 Å². The number of aliphatic hydroxyl groups is 1. The van der Waals surface area contributed by atoms with Crippen molar-refractivity contribution >= 4 is 17.6 Å². The van der Waals surface area contributed by atoms with Crippen molar-refractivity contribution in [1.29, 1.82) is 0 Å². The number of carbonyl (C=O) groups excluding carboxylic acids is 2. The Morgan fingerprint density at radius 1 is 1.11 bits per heavy atom. The smallest absolute Gasteiger partial charge is 0.322 e. The minimum atomic E-state index is -0.313. The highest BCUT2D eigenvalue weighted by molar-refractivity contribution is 5.93. The van der Waals surface area contributed by atoms with E-state index in [0.717, 1.165) is 23.5 Å². The third-order valence-electron chi connectivity index (χ3n) is 7.77. The highest BCUT2D eigenvalue weighted by Gasteiger charge is 2.54. The maximum Gasteiger partial charge on any atom is 0.322 e. The number of nitrogens with one attached hydrogen (secondary N) is 1. The van der Waals surface area contributed by atoms with Crippen LogP contribution >= 0.6 is 0 Å². The van der Waals surface area contributed by atoms with E-state index in [1.807, 2.05) is 24.3 Å². The topological polar surface area (TPSA) is 82.1 Å². The molecule has 0 aromatic heterocycles. The van der Waals surface area contributed by atoms with Crippen LogP contribution in [0.3, 0.4) is 0 Å². The van der Waals surface area contributed by atoms with Gasteiger partial charge in [0.25, 0.3) is 0 Å². The lowest BCUT2D eigenvalue weighted by molar-refractivity contribution is -0.159. The third kappa shape index (κ3) is 4.91. The second-order valence-corrected chi connectivity index (χ2v) is 9.96. The molecule has 1 saturated carbocycles. The summed E-state index contributed by atoms with van der Waals surface area (Å²) in [7, 11) is 1.59. The predicted octanol–water partition coefficient (Wildman–Crippen LogP) is 3.83. The van der Waals surface area contributed by atoms with Gasteiger partial charge in [-0.3, -0.25) is 4.79 Å². The van der Waals surface area contributed by atoms with Gasteiger partial charge >= 0.3 is 6.03 Å². The van der Waals surface area contributed by atoms with E-state index in [-0.39, 0.29) is 43.1 Å². The molecule has 0 radical (unpaired) electrons. The first-order valence-electron chi connectivity index (χ1n) is 12.8. The number of anilines is 1. The zero-order valence-corrected chi connectivity index (χ0v) is 20.7. The predicted molar refractivity (Wildman–Crippen MR) is 138 cm³/mol. The molecule has 188 valence electrons. The number of benzene rings is 2. The number of piperazine rings is 1. The number of fused-ring (bicyclic) bond motifs is 1. The number of amides is 3. The van der Waals surface area contributed by atoms with Gasteiger partial charge in [-0.15, -0.1) is 0 Å². The Balaban J connectivity index is 1.25. The molecule has 2 heterocycles. The third-order valence-corrected chi connectivity index (χ3v) is 7.77. The maximum absolute atomic E-state index is 12.9. The average Bonchev–Trinajstić information content (AvgIpc) is 3.40. The zero-order chi connectivity index (χ0) is 25.1. The molecule has 2 N–H and O–H groups in total. The Bertz CT molecular complexity index is 1150. The van der Waals surface area contributed by atoms with Gasteiger partial charge in [0.2, 0.25) is 5.91 Å². The molecule has 0 spiro atoms. The number of hydrogen-bond acceptors (Lipinski definition) is 4. The normalized spacial score (nSPS) is 23.4. The lowest BCUT2D eigenvalue weighted by Crippen LogP contribution is -2.73. The number of hydrogen-bond donors (Lipinski definition) is 2. The van der Waals surface area contributed by atoms with Crippen molar-refractivity contribution in [3.63, 3.8) is 0 Å². The Labute approximate surface area is 212 Å². The quantitative estimate of drug-likeness (QED) is 0.628. The summed E-state index contributed by atoms with van der Waals surface area (Å²) in [5, 5.41) is 12.9. The average molecular weight is 488 g/mol. The lowest BCUT2D eigenvalue weighted by Gasteiger charge is -2.58. The van der Waals surface area contributed by atoms with E-state index in [9.17, 15) is 14.7 Å². The summed E-state index contributed by atoms with van der Waals surface area (Å²) in [5.41, 5.74) is 2.68. The van der Waals surface area contributed by atoms with Crippen molar-refractivity contribution in [1.82, 2.24) is 9.80 Å². The van der Waals surface area contributed by atoms with Crippen LogP contribution in [0.2, 0.25) is 0 Å². The first-order chi connectivity index (χ1) is 17.6. The van der Waals surface area contributed by atoms with Gasteiger partial charge in [0, 0.05) is 30.1 Å². The monoisotopic (exact) mass is 487 g/mol. The van der Waals surface area contributed by atoms with Crippen LogP contribution in [0, 0.1) is 17.8 Å². The fourth-order valence-electron chi connectivity index (χ4n) is 5.83. The van der Waals surface area contributed by atoms with Crippen molar-refractivity contribution in [3.8, 4) is 17.6 Å². The Hall–Kier alpha value is -3.50. The maximum atomic E-state index is 12.9. The molecule has 2 aromatic carbocycles. The van der Waals surface area contributed by atoms with Crippen LogP contribution in [-0.4, -0.2) is 65.7 Å². The Kier molecular flexibility index (Phi) is 7.15. The van der Waals surface area contributed by atoms with Gasteiger partial charge in [-0.05, 0) is 60.7 Å². The van der Waals surface area contributed by atoms with Crippen LogP contribution in [0.25, 0.3) is 0 Å². The summed E-state index contributed by atoms with van der Waals surface area (Å²) < 4.78 is 5.16. The van der Waals surface area contributed by atoms with Gasteiger partial charge in [-0.2, -0.15) is 0 Å². The molecule has 7 heteroatoms. The molecule has 36 heavy (non-hydrogen) atoms. The first kappa shape index (κ1) is 24.2. The molecule has 2 aromatic rings. The zero-order valence-electron chi connectivity index (χ0n) is 20.7. The van der Waals surface area contributed by atoms with E-state index in [0.29, 0.717) is 18.0 Å². The second-order valence-electron chi connectivity index (χ2n) is 9.96. The van der Waals surface area contributed by atoms with E-state index < -0.39 is 0 Å². The molecule has 5 rings (SSSR count). The fraction of sp³-hybridized carbons (Fsp3) is 0.448. The van der Waals surface area contributed by atoms with Crippen LogP contribution in [0.15, 0.2) is 48.5 Å². The van der Waals surface area contributed by atoms with Crippen LogP contribution in [0.4, 0.5) is 10.5 Å². The van der Waals surface area contributed by atoms with Crippen LogP contribution in [0.1, 0.15) is 49.1 Å². The lowest BCUT2D eigenvalue weighted by atomic mass is 9.73. The SMILES string of the molecule is COc1ccc(NC(=O)N2CC(=O)N3[C@H](CO)[C@@H](c4ccc(C#CCC5CCCC5)cc4)[C@@H]3C2)cc1. The van der Waals surface area contributed by atoms with Gasteiger partial charge in [0.05, 0.1) is 25.8 Å². The summed E-state index contributed by atoms with van der Waals surface area (Å²) >= 11 is 0. The number of aliphatic hydroxyl groups excluding tert-OH is 1. The molecule has 7 nitrogen and oxygen atoms in total. The standard InChI is InChI=1S/C29H33N3O4/c1-36-24-15-13-23(14-16-24)30-29(35)31-17-25-28(26(19-33)32(25)27(34)18-31)22-11-9-21(10-12-22)8-4-7-20-5-2-3-6-20/h9-16,20,25-26,28,33H,2-3,5-7,17-19H2,1H3,(H,30,35)/t25-,26+,28-/m0/s1. The highest BCUT2D eigenvalue weighted by Crippen LogP contribution is 2.43. The molecule has 0 unspecified atom stereocenters. The summed E-state index contributed by atoms with van der Waals surface area (Å²) in [6, 6.07) is 14.5. The summed E-state index contributed by atoms with van der Waals surface area (Å²) in [5.74, 6) is 7.90. The number of rotatable bonds is 5. The molecule has 3 atom stereocenters. The van der Waals surface area contributed by atoms with Crippen LogP contribution < -0.4 is 10.1 Å². The van der Waals surface area contributed by atoms with Gasteiger partial charge in [-0.25, -0.2) is 4.79 Å². The number of ether oxygens (including phenoxy) is 1. The van der Waals surface area contributed by atoms with E-state index in [1.54, 1.807) is 41.2 Å². The summed E-state index contributed by atoms with van der Waals surface area (Å²) in [6.07, 6.45) is 6.21. The van der Waals surface area contributed by atoms with Crippen molar-refractivity contribution < 1.29 is 19.4 Å². The number of methoxy groups -OCH3 is 1. The first-order valence-corrected chi connectivity index (χ1v) is 12.8. The van der Waals surface area contributed by atoms with Gasteiger partial charge in [-0.1, -0.05) is 36.8 Å². The molecule has 2 aliphatic heterocycles. The summed E-state index contributed by atoms with van der Waals surface area (Å²) in [4.78, 5) is 29.1. The Morgan fingerprint density at radius 3 is 2.50 bits per heavy atom. The molecule has 3 amide bonds. The minimum absolute atomic E-state index is 0.00275. The highest BCUT2D eigenvalue weighted by atomic mass is 16.5. The number of urea groups is 1. The van der Waals surface area contributed by atoms with E-state index in [4.69, 9.17) is 4.74 Å². The van der Waals surface area contributed by atoms with Gasteiger partial charge < -0.3 is 25.0 Å². The molecule has 3 fully saturated rings. The molecular weight excluding hydrogens is 454 g/mol. The molecule has 2 saturated heterocycles. The van der Waals surface area contributed by atoms with Crippen molar-refractivity contribution in [3.05, 3.63) is 59.7 Å². The van der Waals surface area contributed by atoms with Crippen molar-refractivity contribution in [2.45, 2.75) is 50.1 Å². The van der Waals surface area contributed by atoms with Crippen molar-refractivity contribution in [2.75, 3.05) is 32.1 Å². The van der Waals surface area contributed by atoms with Crippen LogP contribution in [-0.2, 0) is 4.79 Å². The van der Waals surface area contributed by atoms with E-state index in [2.05, 4.69) is 17.2 Å². The Morgan fingerprint density at radius 2 is 1.83 bits per heavy atom.